The number of anilines is 2. The van der Waals surface area contributed by atoms with Crippen LogP contribution in [0.3, 0.4) is 0 Å². The number of hydrogen-bond donors (Lipinski definition) is 2. The van der Waals surface area contributed by atoms with Crippen LogP contribution in [-0.4, -0.2) is 79.0 Å². The standard InChI is InChI=1S/C45H50N4O5/c1-6-42-17-16-34(48-20-18-44(40(42)48)30-12-8-10-14-32(30)46-36(44)28(24-42)38(51)53-4)27-23-43(7-2)25-29(39(52)54-5)37-45(31-13-9-11-15-33(31)47-37)19-21-49(41(43)45)35(27)22-26(3)50/h8-17,23,34-35,40-41,46-47H,6-7,18-22,24-25H2,1-5H3/t34-,35+,40-,41-,42-,43-,44-,45-/m0/s1. The topological polar surface area (TPSA) is 100 Å². The highest BCUT2D eigenvalue weighted by Crippen LogP contribution is 2.68. The number of methoxy groups -OCH3 is 2. The van der Waals surface area contributed by atoms with Crippen molar-refractivity contribution in [1.29, 1.82) is 0 Å². The van der Waals surface area contributed by atoms with E-state index in [0.29, 0.717) is 19.3 Å². The Bertz CT molecular complexity index is 2170. The molecule has 0 unspecified atom stereocenters. The summed E-state index contributed by atoms with van der Waals surface area (Å²) in [5, 5.41) is 7.49. The maximum absolute atomic E-state index is 13.8. The molecule has 2 aromatic rings. The largest absolute Gasteiger partial charge is 0.466 e. The van der Waals surface area contributed by atoms with E-state index in [1.165, 1.54) is 30.9 Å². The number of fused-ring (bicyclic) bond motifs is 2. The second kappa shape index (κ2) is 11.5. The maximum atomic E-state index is 13.8. The van der Waals surface area contributed by atoms with Crippen molar-refractivity contribution >= 4 is 29.1 Å². The summed E-state index contributed by atoms with van der Waals surface area (Å²) in [7, 11) is 2.98. The van der Waals surface area contributed by atoms with Gasteiger partial charge in [-0.3, -0.25) is 14.6 Å². The molecule has 6 heterocycles. The van der Waals surface area contributed by atoms with Gasteiger partial charge in [-0.1, -0.05) is 68.5 Å². The van der Waals surface area contributed by atoms with Gasteiger partial charge in [0.2, 0.25) is 0 Å². The molecule has 2 spiro atoms. The third-order valence-electron chi connectivity index (χ3n) is 15.3. The van der Waals surface area contributed by atoms with Gasteiger partial charge in [-0.05, 0) is 74.3 Å². The molecular weight excluding hydrogens is 677 g/mol. The average Bonchev–Trinajstić information content (AvgIpc) is 3.97. The highest BCUT2D eigenvalue weighted by Gasteiger charge is 2.70. The number of esters is 2. The van der Waals surface area contributed by atoms with Crippen molar-refractivity contribution in [1.82, 2.24) is 9.80 Å². The van der Waals surface area contributed by atoms with Crippen LogP contribution < -0.4 is 10.6 Å². The Morgan fingerprint density at radius 1 is 0.759 bits per heavy atom. The Morgan fingerprint density at radius 3 is 1.81 bits per heavy atom. The summed E-state index contributed by atoms with van der Waals surface area (Å²) in [5.74, 6) is -0.338. The molecule has 9 nitrogen and oxygen atoms in total. The van der Waals surface area contributed by atoms with Crippen molar-refractivity contribution in [3.8, 4) is 0 Å². The Balaban J connectivity index is 1.18. The van der Waals surface area contributed by atoms with Crippen LogP contribution >= 0.6 is 0 Å². The molecule has 2 aromatic carbocycles. The molecule has 0 aromatic heterocycles. The quantitative estimate of drug-likeness (QED) is 0.243. The zero-order valence-corrected chi connectivity index (χ0v) is 32.0. The number of ketones is 1. The molecule has 0 amide bonds. The fourth-order valence-electron chi connectivity index (χ4n) is 13.4. The summed E-state index contributed by atoms with van der Waals surface area (Å²) >= 11 is 0. The number of benzene rings is 2. The van der Waals surface area contributed by atoms with E-state index in [1.807, 2.05) is 0 Å². The molecule has 6 aliphatic heterocycles. The van der Waals surface area contributed by atoms with Crippen molar-refractivity contribution < 1.29 is 23.9 Å². The second-order valence-corrected chi connectivity index (χ2v) is 17.2. The second-order valence-electron chi connectivity index (χ2n) is 17.2. The first-order valence-corrected chi connectivity index (χ1v) is 19.9. The highest BCUT2D eigenvalue weighted by atomic mass is 16.5. The molecule has 8 aliphatic rings. The van der Waals surface area contributed by atoms with Gasteiger partial charge in [-0.15, -0.1) is 0 Å². The van der Waals surface area contributed by atoms with Gasteiger partial charge < -0.3 is 20.1 Å². The predicted molar refractivity (Wildman–Crippen MR) is 207 cm³/mol. The Kier molecular flexibility index (Phi) is 7.27. The van der Waals surface area contributed by atoms with Crippen molar-refractivity contribution in [2.24, 2.45) is 10.8 Å². The van der Waals surface area contributed by atoms with E-state index < -0.39 is 10.8 Å². The first-order valence-electron chi connectivity index (χ1n) is 19.9. The lowest BCUT2D eigenvalue weighted by Crippen LogP contribution is -2.65. The van der Waals surface area contributed by atoms with E-state index in [-0.39, 0.29) is 52.7 Å². The van der Waals surface area contributed by atoms with Crippen LogP contribution in [0.4, 0.5) is 11.4 Å². The highest BCUT2D eigenvalue weighted by molar-refractivity contribution is 5.94. The zero-order valence-electron chi connectivity index (χ0n) is 32.0. The third-order valence-corrected chi connectivity index (χ3v) is 15.3. The van der Waals surface area contributed by atoms with E-state index in [2.05, 4.69) is 101 Å². The summed E-state index contributed by atoms with van der Waals surface area (Å²) in [6, 6.07) is 17.1. The van der Waals surface area contributed by atoms with Crippen molar-refractivity contribution in [3.63, 3.8) is 0 Å². The summed E-state index contributed by atoms with van der Waals surface area (Å²) in [6.45, 7) is 7.94. The van der Waals surface area contributed by atoms with Gasteiger partial charge in [0.1, 0.15) is 5.78 Å². The SMILES string of the molecule is CC[C@]12C=C([C@@H]3C=C[C@@]4(CC)CC(C(=O)OC)=C5Nc6ccccc6[C@@]56CCN3[C@@H]46)[C@@H](CC(C)=O)N3CC[C@]4(C(=C(C(=O)OC)C1)Nc1ccccc14)[C@@H]32. The monoisotopic (exact) mass is 726 g/mol. The van der Waals surface area contributed by atoms with Gasteiger partial charge in [0, 0.05) is 71.2 Å². The van der Waals surface area contributed by atoms with Crippen LogP contribution in [0.25, 0.3) is 0 Å². The maximum Gasteiger partial charge on any atom is 0.335 e. The molecule has 9 heteroatoms. The van der Waals surface area contributed by atoms with E-state index >= 15 is 0 Å². The van der Waals surface area contributed by atoms with E-state index in [1.54, 1.807) is 6.92 Å². The number of carbonyl (C=O) groups excluding carboxylic acids is 3. The summed E-state index contributed by atoms with van der Waals surface area (Å²) in [6.07, 6.45) is 12.5. The minimum atomic E-state index is -0.407. The molecule has 2 saturated heterocycles. The number of nitrogens with zero attached hydrogens (tertiary/aromatic N) is 2. The van der Waals surface area contributed by atoms with Crippen LogP contribution in [0.1, 0.15) is 76.8 Å². The molecule has 0 radical (unpaired) electrons. The molecule has 8 atom stereocenters. The number of carbonyl (C=O) groups is 3. The lowest BCUT2D eigenvalue weighted by molar-refractivity contribution is -0.137. The lowest BCUT2D eigenvalue weighted by Gasteiger charge is -2.59. The number of para-hydroxylation sites is 2. The van der Waals surface area contributed by atoms with Crippen LogP contribution in [0.5, 0.6) is 0 Å². The Morgan fingerprint density at radius 2 is 1.28 bits per heavy atom. The van der Waals surface area contributed by atoms with Gasteiger partial charge in [-0.2, -0.15) is 0 Å². The smallest absolute Gasteiger partial charge is 0.335 e. The zero-order chi connectivity index (χ0) is 37.4. The first kappa shape index (κ1) is 34.1. The lowest BCUT2D eigenvalue weighted by atomic mass is 9.53. The fraction of sp³-hybridized carbons (Fsp3) is 0.489. The Labute approximate surface area is 317 Å². The summed E-state index contributed by atoms with van der Waals surface area (Å²) in [4.78, 5) is 46.2. The first-order chi connectivity index (χ1) is 26.1. The van der Waals surface area contributed by atoms with Crippen LogP contribution in [0, 0.1) is 10.8 Å². The summed E-state index contributed by atoms with van der Waals surface area (Å²) < 4.78 is 11.0. The van der Waals surface area contributed by atoms with Crippen LogP contribution in [-0.2, 0) is 34.7 Å². The molecule has 2 aliphatic carbocycles. The number of rotatable bonds is 7. The van der Waals surface area contributed by atoms with Gasteiger partial charge in [0.25, 0.3) is 0 Å². The molecule has 0 saturated carbocycles. The number of ether oxygens (including phenoxy) is 2. The van der Waals surface area contributed by atoms with Crippen molar-refractivity contribution in [3.05, 3.63) is 106 Å². The summed E-state index contributed by atoms with van der Waals surface area (Å²) in [5.41, 5.74) is 7.94. The predicted octanol–water partition coefficient (Wildman–Crippen LogP) is 6.54. The number of nitrogens with one attached hydrogen (secondary N) is 2. The fourth-order valence-corrected chi connectivity index (χ4v) is 13.4. The van der Waals surface area contributed by atoms with Crippen LogP contribution in [0.15, 0.2) is 94.9 Å². The van der Waals surface area contributed by atoms with Gasteiger partial charge in [0.15, 0.2) is 0 Å². The minimum Gasteiger partial charge on any atom is -0.466 e. The van der Waals surface area contributed by atoms with Crippen molar-refractivity contribution in [2.45, 2.75) is 101 Å². The van der Waals surface area contributed by atoms with Crippen molar-refractivity contribution in [2.75, 3.05) is 37.9 Å². The molecule has 54 heavy (non-hydrogen) atoms. The Hall–Kier alpha value is -4.47. The van der Waals surface area contributed by atoms with Gasteiger partial charge >= 0.3 is 11.9 Å². The molecule has 10 rings (SSSR count). The van der Waals surface area contributed by atoms with Crippen LogP contribution in [0.2, 0.25) is 0 Å². The number of Topliss-reactive ketones (excluding diaryl/α,β-unsaturated/α-hetero) is 1. The number of hydrogen-bond acceptors (Lipinski definition) is 9. The minimum absolute atomic E-state index is 0.0473. The molecule has 2 N–H and O–H groups in total. The molecule has 280 valence electrons. The molecule has 0 bridgehead atoms. The normalized spacial score (nSPS) is 36.6. The van der Waals surface area contributed by atoms with Gasteiger partial charge in [0.05, 0.1) is 42.2 Å². The van der Waals surface area contributed by atoms with E-state index in [4.69, 9.17) is 9.47 Å². The van der Waals surface area contributed by atoms with E-state index in [0.717, 1.165) is 72.7 Å². The van der Waals surface area contributed by atoms with E-state index in [9.17, 15) is 14.4 Å². The molecule has 2 fully saturated rings. The third kappa shape index (κ3) is 3.99. The van der Waals surface area contributed by atoms with Gasteiger partial charge in [-0.25, -0.2) is 9.59 Å². The average molecular weight is 727 g/mol. The molecular formula is C45H50N4O5.